The van der Waals surface area contributed by atoms with Gasteiger partial charge in [-0.2, -0.15) is 35.7 Å². The molecule has 25 nitrogen and oxygen atoms in total. The highest BCUT2D eigenvalue weighted by molar-refractivity contribution is 9.08. The number of amides is 2. The minimum Gasteiger partial charge on any atom is -0.444 e. The summed E-state index contributed by atoms with van der Waals surface area (Å²) in [5, 5.41) is 38.2. The zero-order valence-corrected chi connectivity index (χ0v) is 74.5. The van der Waals surface area contributed by atoms with Gasteiger partial charge in [0, 0.05) is 95.1 Å². The van der Waals surface area contributed by atoms with E-state index in [4.69, 9.17) is 40.7 Å². The molecular formula is C94H103BrF7N21O4. The number of aromatic amines is 1. The van der Waals surface area contributed by atoms with Crippen LogP contribution in [0.2, 0.25) is 0 Å². The lowest BCUT2D eigenvalue weighted by atomic mass is 10.2. The van der Waals surface area contributed by atoms with E-state index in [1.165, 1.54) is 91.1 Å². The molecule has 127 heavy (non-hydrogen) atoms. The number of alkyl carbamates (subject to hydrolysis) is 2. The second kappa shape index (κ2) is 49.4. The van der Waals surface area contributed by atoms with Crippen LogP contribution < -0.4 is 22.1 Å². The predicted octanol–water partition coefficient (Wildman–Crippen LogP) is 20.3. The molecule has 14 rings (SSSR count). The SMILES string of the molecule is Cc1c(CN)cnn1Cc1ccc(F)cc1.Cc1c(CNC(=O)OC(C)(C)C)cnn1Cc1ccc(F)cc1.Cc1nn(Cc2ccc(F)cc2)cc1CN.Cc1nn(Cc2ccc(F)cc2)cc1CNC(=O)OC(C)(C)C.Fc1ccc(CBr)cc1.[C-]#[N+]c1cn(Cc2ccc(F)cc2)nc1C.[C-]#[N+]c1cn[nH]c1C.[C-]#[N+]c1cnn(Cc2ccc(F)cc2)c1C. The fourth-order valence-corrected chi connectivity index (χ4v) is 11.7. The molecule has 7 aromatic carbocycles. The summed E-state index contributed by atoms with van der Waals surface area (Å²) in [6.07, 6.45) is 11.1. The summed E-state index contributed by atoms with van der Waals surface area (Å²) < 4.78 is 110. The summed E-state index contributed by atoms with van der Waals surface area (Å²) in [6, 6.07) is 44.4. The number of hydrogen-bond acceptors (Lipinski definition) is 13. The van der Waals surface area contributed by atoms with Crippen molar-refractivity contribution in [1.82, 2.24) is 79.5 Å². The first-order valence-electron chi connectivity index (χ1n) is 39.8. The van der Waals surface area contributed by atoms with E-state index in [0.717, 1.165) is 106 Å². The molecule has 0 saturated heterocycles. The van der Waals surface area contributed by atoms with Crippen molar-refractivity contribution < 1.29 is 49.8 Å². The number of H-pyrrole nitrogens is 1. The Morgan fingerprint density at radius 3 is 0.984 bits per heavy atom. The van der Waals surface area contributed by atoms with Gasteiger partial charge in [0.15, 0.2) is 0 Å². The first-order valence-corrected chi connectivity index (χ1v) is 40.9. The molecule has 7 N–H and O–H groups in total. The van der Waals surface area contributed by atoms with Gasteiger partial charge in [-0.1, -0.05) is 101 Å². The molecular weight excluding hydrogens is 1700 g/mol. The number of nitrogens with two attached hydrogens (primary N) is 2. The van der Waals surface area contributed by atoms with Crippen LogP contribution in [0.15, 0.2) is 213 Å². The Morgan fingerprint density at radius 2 is 0.685 bits per heavy atom. The summed E-state index contributed by atoms with van der Waals surface area (Å²) in [6.45, 7) is 49.7. The quantitative estimate of drug-likeness (QED) is 0.0286. The van der Waals surface area contributed by atoms with Crippen molar-refractivity contribution in [1.29, 1.82) is 0 Å². The number of nitrogens with zero attached hydrogens (tertiary/aromatic N) is 16. The number of hydrogen-bond donors (Lipinski definition) is 5. The Morgan fingerprint density at radius 1 is 0.386 bits per heavy atom. The van der Waals surface area contributed by atoms with Crippen LogP contribution in [-0.4, -0.2) is 92.3 Å². The van der Waals surface area contributed by atoms with Crippen LogP contribution in [-0.2, 0) is 80.3 Å². The third kappa shape index (κ3) is 34.9. The number of nitrogens with one attached hydrogen (secondary N) is 3. The first kappa shape index (κ1) is 100. The van der Waals surface area contributed by atoms with Crippen LogP contribution in [0, 0.1) is 109 Å². The number of alkyl halides is 1. The van der Waals surface area contributed by atoms with Crippen LogP contribution in [0.4, 0.5) is 57.4 Å². The van der Waals surface area contributed by atoms with E-state index in [1.807, 2.05) is 110 Å². The highest BCUT2D eigenvalue weighted by Crippen LogP contribution is 2.22. The molecule has 0 unspecified atom stereocenters. The Bertz CT molecular complexity index is 5850. The van der Waals surface area contributed by atoms with Gasteiger partial charge >= 0.3 is 12.2 Å². The number of carbonyl (C=O) groups excluding carboxylic acids is 2. The van der Waals surface area contributed by atoms with Crippen molar-refractivity contribution in [2.75, 3.05) is 0 Å². The number of halogens is 8. The normalized spacial score (nSPS) is 10.6. The van der Waals surface area contributed by atoms with Gasteiger partial charge in [0.05, 0.1) is 101 Å². The Kier molecular flexibility index (Phi) is 38.9. The topological polar surface area (TPSA) is 277 Å². The number of aromatic nitrogens is 14. The van der Waals surface area contributed by atoms with Crippen LogP contribution >= 0.6 is 15.9 Å². The van der Waals surface area contributed by atoms with E-state index >= 15 is 0 Å². The molecule has 14 aromatic rings. The van der Waals surface area contributed by atoms with Gasteiger partial charge in [0.1, 0.15) is 51.9 Å². The molecule has 0 aliphatic carbocycles. The summed E-state index contributed by atoms with van der Waals surface area (Å²) in [4.78, 5) is 33.2. The molecule has 0 bridgehead atoms. The van der Waals surface area contributed by atoms with Crippen molar-refractivity contribution in [2.45, 2.75) is 172 Å². The average molecular weight is 1800 g/mol. The van der Waals surface area contributed by atoms with Gasteiger partial charge in [0.2, 0.25) is 17.1 Å². The Labute approximate surface area is 743 Å². The second-order valence-electron chi connectivity index (χ2n) is 30.6. The lowest BCUT2D eigenvalue weighted by Gasteiger charge is -2.19. The fraction of sp³-hybridized carbons (Fsp3) is 0.277. The molecule has 0 radical (unpaired) electrons. The number of ether oxygens (including phenoxy) is 2. The van der Waals surface area contributed by atoms with Crippen molar-refractivity contribution in [3.8, 4) is 0 Å². The molecule has 0 aliphatic heterocycles. The van der Waals surface area contributed by atoms with Gasteiger partial charge in [-0.25, -0.2) is 54.9 Å². The largest absolute Gasteiger partial charge is 0.444 e. The average Bonchev–Trinajstić information content (AvgIpc) is 1.70. The zero-order valence-electron chi connectivity index (χ0n) is 73.0. The molecule has 2 amide bonds. The van der Waals surface area contributed by atoms with Crippen molar-refractivity contribution in [3.05, 3.63) is 389 Å². The number of aryl methyl sites for hydroxylation is 4. The van der Waals surface area contributed by atoms with Crippen LogP contribution in [0.1, 0.15) is 143 Å². The maximum Gasteiger partial charge on any atom is 0.407 e. The standard InChI is InChI=1S/2C17H22FN3O2.2C12H10FN3.2C12H14FN3.C7H6BrF.C5H5N3/c1-12-14(9-19-16(22)23-17(2,3)4)10-20-21(12)11-13-5-7-15(18)8-6-13;1-12-14(9-19-16(22)23-17(2,3)4)11-21(20-12)10-13-5-7-15(18)8-6-13;1-9-12(14-2)7-15-16(9)8-10-3-5-11(13)6-4-10;1-9-12(14-2)8-16(15-9)7-10-3-5-11(13)6-4-10;1-9-11(6-14)7-15-16(9)8-10-2-4-12(13)5-3-10;1-9-11(6-14)8-16(15-9)7-10-2-4-12(13)5-3-10;8-5-6-1-3-7(9)4-2-6;1-4-5(6-2)3-7-8-4/h5-8,10H,9,11H2,1-4H3,(H,19,22);5-8,11H,9-10H2,1-4H3,(H,19,22);3-7H,8H2,1H3;3-6,8H,7H2,1H3;2-5,7H,6,8,14H2,1H3;2-5,8H,6-7,14H2,1H3;1-4H,5H2;3H,1H3,(H,7,8). The van der Waals surface area contributed by atoms with E-state index in [2.05, 4.69) is 81.9 Å². The first-order chi connectivity index (χ1) is 60.4. The maximum atomic E-state index is 12.9. The highest BCUT2D eigenvalue weighted by Gasteiger charge is 2.19. The van der Waals surface area contributed by atoms with Gasteiger partial charge in [-0.05, 0) is 214 Å². The molecule has 0 atom stereocenters. The minimum absolute atomic E-state index is 0.181. The van der Waals surface area contributed by atoms with Gasteiger partial charge in [-0.15, -0.1) is 0 Å². The van der Waals surface area contributed by atoms with Crippen LogP contribution in [0.5, 0.6) is 0 Å². The van der Waals surface area contributed by atoms with Crippen LogP contribution in [0.3, 0.4) is 0 Å². The molecule has 7 aromatic heterocycles. The number of carbonyl (C=O) groups is 2. The smallest absolute Gasteiger partial charge is 0.407 e. The molecule has 7 heterocycles. The van der Waals surface area contributed by atoms with Crippen molar-refractivity contribution in [2.24, 2.45) is 11.5 Å². The Balaban J connectivity index is 0.000000202. The van der Waals surface area contributed by atoms with Crippen molar-refractivity contribution in [3.63, 3.8) is 0 Å². The third-order valence-electron chi connectivity index (χ3n) is 18.3. The number of benzene rings is 7. The van der Waals surface area contributed by atoms with Crippen LogP contribution in [0.25, 0.3) is 14.5 Å². The number of rotatable bonds is 19. The van der Waals surface area contributed by atoms with Crippen molar-refractivity contribution >= 4 is 45.2 Å². The molecule has 33 heteroatoms. The monoisotopic (exact) mass is 1800 g/mol. The molecule has 0 saturated carbocycles. The maximum absolute atomic E-state index is 12.9. The van der Waals surface area contributed by atoms with Gasteiger partial charge in [0.25, 0.3) is 0 Å². The van der Waals surface area contributed by atoms with E-state index < -0.39 is 23.4 Å². The summed E-state index contributed by atoms with van der Waals surface area (Å²) in [5.74, 6) is -1.63. The minimum atomic E-state index is -0.522. The van der Waals surface area contributed by atoms with E-state index in [9.17, 15) is 40.3 Å². The predicted molar refractivity (Wildman–Crippen MR) is 478 cm³/mol. The second-order valence-corrected chi connectivity index (χ2v) is 31.2. The zero-order chi connectivity index (χ0) is 92.9. The lowest BCUT2D eigenvalue weighted by molar-refractivity contribution is 0.0512. The molecule has 0 fully saturated rings. The third-order valence-corrected chi connectivity index (χ3v) is 19.0. The van der Waals surface area contributed by atoms with E-state index in [0.29, 0.717) is 82.5 Å². The van der Waals surface area contributed by atoms with Gasteiger partial charge < -0.3 is 31.6 Å². The highest BCUT2D eigenvalue weighted by atomic mass is 79.9. The summed E-state index contributed by atoms with van der Waals surface area (Å²) in [5.41, 5.74) is 28.9. The molecule has 0 aliphatic rings. The Hall–Kier alpha value is -14.1. The fourth-order valence-electron chi connectivity index (χ4n) is 11.3. The molecule has 664 valence electrons. The summed E-state index contributed by atoms with van der Waals surface area (Å²) >= 11 is 3.26. The van der Waals surface area contributed by atoms with E-state index in [1.54, 1.807) is 131 Å². The molecule has 0 spiro atoms. The van der Waals surface area contributed by atoms with E-state index in [-0.39, 0.29) is 40.7 Å². The summed E-state index contributed by atoms with van der Waals surface area (Å²) in [7, 11) is 0. The lowest BCUT2D eigenvalue weighted by Crippen LogP contribution is -2.32. The van der Waals surface area contributed by atoms with Gasteiger partial charge in [-0.3, -0.25) is 33.2 Å².